The summed E-state index contributed by atoms with van der Waals surface area (Å²) >= 11 is 0. The fraction of sp³-hybridized carbons (Fsp3) is 0.913. The van der Waals surface area contributed by atoms with Crippen LogP contribution < -0.4 is 0 Å². The smallest absolute Gasteiger partial charge is 0.181 e. The Morgan fingerprint density at radius 2 is 1.77 bits per heavy atom. The molecule has 0 amide bonds. The maximum absolute atomic E-state index is 6.10. The van der Waals surface area contributed by atoms with E-state index in [-0.39, 0.29) is 0 Å². The van der Waals surface area contributed by atoms with Crippen LogP contribution in [0.3, 0.4) is 0 Å². The molecule has 2 aliphatic rings. The molecule has 26 heavy (non-hydrogen) atoms. The molecule has 0 N–H and O–H groups in total. The Morgan fingerprint density at radius 3 is 2.46 bits per heavy atom. The van der Waals surface area contributed by atoms with E-state index in [0.29, 0.717) is 11.6 Å². The molecule has 2 fully saturated rings. The lowest BCUT2D eigenvalue weighted by molar-refractivity contribution is 0.0582. The van der Waals surface area contributed by atoms with Crippen molar-refractivity contribution in [3.63, 3.8) is 0 Å². The number of fused-ring (bicyclic) bond motifs is 1. The standard InChI is InChI=1S/C23H44N2O/c1-5-7-8-9-10-11-12-13-18-24(4)21(3)26-20-22-15-17-23(6-2)16-14-19-25(22)23/h22H,3,5-20H2,1-2,4H3/t22-,23+/m0/s1. The van der Waals surface area contributed by atoms with Gasteiger partial charge in [0, 0.05) is 25.2 Å². The third kappa shape index (κ3) is 5.90. The van der Waals surface area contributed by atoms with Crippen LogP contribution in [0, 0.1) is 0 Å². The summed E-state index contributed by atoms with van der Waals surface area (Å²) in [6, 6.07) is 0.603. The van der Waals surface area contributed by atoms with Crippen molar-refractivity contribution < 1.29 is 4.74 Å². The topological polar surface area (TPSA) is 15.7 Å². The summed E-state index contributed by atoms with van der Waals surface area (Å²) in [7, 11) is 2.13. The van der Waals surface area contributed by atoms with E-state index >= 15 is 0 Å². The van der Waals surface area contributed by atoms with Gasteiger partial charge in [0.05, 0.1) is 0 Å². The number of hydrogen-bond acceptors (Lipinski definition) is 3. The molecule has 2 atom stereocenters. The zero-order valence-corrected chi connectivity index (χ0v) is 17.9. The van der Waals surface area contributed by atoms with Crippen LogP contribution in [-0.4, -0.2) is 48.1 Å². The van der Waals surface area contributed by atoms with Crippen molar-refractivity contribution in [2.75, 3.05) is 26.7 Å². The van der Waals surface area contributed by atoms with Crippen LogP contribution in [0.2, 0.25) is 0 Å². The third-order valence-electron chi connectivity index (χ3n) is 6.91. The zero-order chi connectivity index (χ0) is 18.8. The van der Waals surface area contributed by atoms with Gasteiger partial charge >= 0.3 is 0 Å². The maximum atomic E-state index is 6.10. The van der Waals surface area contributed by atoms with Gasteiger partial charge in [-0.2, -0.15) is 0 Å². The largest absolute Gasteiger partial charge is 0.478 e. The van der Waals surface area contributed by atoms with E-state index in [0.717, 1.165) is 19.0 Å². The molecule has 3 heteroatoms. The molecule has 0 radical (unpaired) electrons. The molecular formula is C23H44N2O. The Labute approximate surface area is 163 Å². The second kappa shape index (κ2) is 11.2. The molecule has 0 saturated carbocycles. The Hall–Kier alpha value is -0.700. The van der Waals surface area contributed by atoms with E-state index in [4.69, 9.17) is 4.74 Å². The van der Waals surface area contributed by atoms with E-state index in [9.17, 15) is 0 Å². The molecule has 0 aromatic rings. The second-order valence-corrected chi connectivity index (χ2v) is 8.67. The summed E-state index contributed by atoms with van der Waals surface area (Å²) in [6.07, 6.45) is 17.6. The van der Waals surface area contributed by atoms with Gasteiger partial charge in [0.15, 0.2) is 5.88 Å². The van der Waals surface area contributed by atoms with Gasteiger partial charge in [-0.15, -0.1) is 0 Å². The highest BCUT2D eigenvalue weighted by atomic mass is 16.5. The van der Waals surface area contributed by atoms with Gasteiger partial charge in [-0.3, -0.25) is 4.90 Å². The molecule has 3 nitrogen and oxygen atoms in total. The average Bonchev–Trinajstić information content (AvgIpc) is 3.21. The third-order valence-corrected chi connectivity index (χ3v) is 6.91. The lowest BCUT2D eigenvalue weighted by Gasteiger charge is -2.34. The van der Waals surface area contributed by atoms with Gasteiger partial charge in [0.2, 0.25) is 0 Å². The van der Waals surface area contributed by atoms with Gasteiger partial charge in [0.25, 0.3) is 0 Å². The molecule has 0 aromatic heterocycles. The van der Waals surface area contributed by atoms with Crippen LogP contribution in [0.5, 0.6) is 0 Å². The number of nitrogens with zero attached hydrogens (tertiary/aromatic N) is 2. The van der Waals surface area contributed by atoms with Crippen LogP contribution in [0.1, 0.15) is 97.3 Å². The minimum atomic E-state index is 0.498. The highest BCUT2D eigenvalue weighted by Gasteiger charge is 2.47. The molecule has 2 aliphatic heterocycles. The van der Waals surface area contributed by atoms with E-state index in [2.05, 4.69) is 37.3 Å². The van der Waals surface area contributed by atoms with Gasteiger partial charge in [-0.1, -0.05) is 58.8 Å². The Morgan fingerprint density at radius 1 is 1.08 bits per heavy atom. The monoisotopic (exact) mass is 364 g/mol. The first-order valence-electron chi connectivity index (χ1n) is 11.4. The van der Waals surface area contributed by atoms with Crippen molar-refractivity contribution in [3.8, 4) is 0 Å². The molecule has 0 unspecified atom stereocenters. The number of rotatable bonds is 14. The molecule has 0 aromatic carbocycles. The summed E-state index contributed by atoms with van der Waals surface area (Å²) in [5, 5.41) is 0. The molecular weight excluding hydrogens is 320 g/mol. The van der Waals surface area contributed by atoms with Crippen molar-refractivity contribution >= 4 is 0 Å². The van der Waals surface area contributed by atoms with E-state index in [1.54, 1.807) is 0 Å². The van der Waals surface area contributed by atoms with E-state index < -0.39 is 0 Å². The quantitative estimate of drug-likeness (QED) is 0.280. The van der Waals surface area contributed by atoms with Gasteiger partial charge < -0.3 is 9.64 Å². The number of hydrogen-bond donors (Lipinski definition) is 0. The fourth-order valence-corrected chi connectivity index (χ4v) is 5.03. The first-order chi connectivity index (χ1) is 12.6. The fourth-order valence-electron chi connectivity index (χ4n) is 5.03. The summed E-state index contributed by atoms with van der Waals surface area (Å²) in [4.78, 5) is 4.96. The molecule has 0 aliphatic carbocycles. The summed E-state index contributed by atoms with van der Waals surface area (Å²) < 4.78 is 6.10. The summed E-state index contributed by atoms with van der Waals surface area (Å²) in [6.45, 7) is 12.0. The van der Waals surface area contributed by atoms with Crippen LogP contribution in [0.4, 0.5) is 0 Å². The molecule has 152 valence electrons. The van der Waals surface area contributed by atoms with Gasteiger partial charge in [0.1, 0.15) is 6.61 Å². The zero-order valence-electron chi connectivity index (χ0n) is 17.9. The van der Waals surface area contributed by atoms with Crippen LogP contribution >= 0.6 is 0 Å². The normalized spacial score (nSPS) is 25.4. The highest BCUT2D eigenvalue weighted by molar-refractivity contribution is 5.03. The van der Waals surface area contributed by atoms with Crippen molar-refractivity contribution in [2.24, 2.45) is 0 Å². The second-order valence-electron chi connectivity index (χ2n) is 8.67. The van der Waals surface area contributed by atoms with E-state index in [1.807, 2.05) is 0 Å². The lowest BCUT2D eigenvalue weighted by atomic mass is 9.91. The van der Waals surface area contributed by atoms with Crippen LogP contribution in [-0.2, 0) is 4.74 Å². The minimum absolute atomic E-state index is 0.498. The SMILES string of the molecule is C=C(OC[C@@H]1CC[C@@]2(CC)CCCN12)N(C)CCCCCCCCCC. The lowest BCUT2D eigenvalue weighted by Crippen LogP contribution is -2.43. The first kappa shape index (κ1) is 21.6. The number of ether oxygens (including phenoxy) is 1. The molecule has 2 rings (SSSR count). The average molecular weight is 365 g/mol. The molecule has 2 saturated heterocycles. The summed E-state index contributed by atoms with van der Waals surface area (Å²) in [5.41, 5.74) is 0.498. The number of unbranched alkanes of at least 4 members (excludes halogenated alkanes) is 7. The van der Waals surface area contributed by atoms with Crippen molar-refractivity contribution in [1.82, 2.24) is 9.80 Å². The van der Waals surface area contributed by atoms with Crippen molar-refractivity contribution in [3.05, 3.63) is 12.5 Å². The first-order valence-corrected chi connectivity index (χ1v) is 11.4. The minimum Gasteiger partial charge on any atom is -0.478 e. The van der Waals surface area contributed by atoms with Crippen molar-refractivity contribution in [1.29, 1.82) is 0 Å². The van der Waals surface area contributed by atoms with Gasteiger partial charge in [-0.25, -0.2) is 0 Å². The molecule has 2 heterocycles. The highest BCUT2D eigenvalue weighted by Crippen LogP contribution is 2.44. The Bertz CT molecular complexity index is 411. The predicted molar refractivity (Wildman–Crippen MR) is 112 cm³/mol. The van der Waals surface area contributed by atoms with Crippen LogP contribution in [0.15, 0.2) is 12.5 Å². The molecule has 0 bridgehead atoms. The van der Waals surface area contributed by atoms with Gasteiger partial charge in [-0.05, 0) is 51.6 Å². The Balaban J connectivity index is 1.55. The Kier molecular flexibility index (Phi) is 9.31. The maximum Gasteiger partial charge on any atom is 0.181 e. The predicted octanol–water partition coefficient (Wildman–Crippen LogP) is 5.95. The molecule has 0 spiro atoms. The summed E-state index contributed by atoms with van der Waals surface area (Å²) in [5.74, 6) is 0.862. The van der Waals surface area contributed by atoms with Crippen LogP contribution in [0.25, 0.3) is 0 Å². The van der Waals surface area contributed by atoms with Crippen molar-refractivity contribution in [2.45, 2.75) is 109 Å². The van der Waals surface area contributed by atoms with E-state index in [1.165, 1.54) is 90.0 Å².